The Labute approximate surface area is 160 Å². The van der Waals surface area contributed by atoms with Crippen LogP contribution in [0.4, 0.5) is 10.1 Å². The molecule has 134 valence electrons. The van der Waals surface area contributed by atoms with E-state index >= 15 is 0 Å². The Balaban J connectivity index is 1.71. The average Bonchev–Trinajstić information content (AvgIpc) is 3.18. The van der Waals surface area contributed by atoms with Crippen molar-refractivity contribution < 1.29 is 8.81 Å². The van der Waals surface area contributed by atoms with Gasteiger partial charge in [0.1, 0.15) is 11.9 Å². The minimum atomic E-state index is -0.431. The summed E-state index contributed by atoms with van der Waals surface area (Å²) in [7, 11) is 0. The molecule has 0 fully saturated rings. The molecule has 0 aliphatic rings. The van der Waals surface area contributed by atoms with Crippen molar-refractivity contribution in [3.8, 4) is 11.5 Å². The minimum Gasteiger partial charge on any atom is -0.418 e. The van der Waals surface area contributed by atoms with Crippen LogP contribution in [0.3, 0.4) is 0 Å². The standard InChI is InChI=1S/C21H15ClFN3O/c22-16-8-4-7-15(13-16)19(24-18-11-9-17(23)10-12-18)21-26-25-20(27-21)14-5-2-1-3-6-14/h1-13,19,24H/t19-/m1/s1. The third kappa shape index (κ3) is 3.99. The first-order valence-electron chi connectivity index (χ1n) is 8.35. The number of halogens is 2. The molecule has 1 atom stereocenters. The highest BCUT2D eigenvalue weighted by Gasteiger charge is 2.22. The first-order chi connectivity index (χ1) is 13.2. The largest absolute Gasteiger partial charge is 0.418 e. The molecule has 0 bridgehead atoms. The van der Waals surface area contributed by atoms with Gasteiger partial charge in [0, 0.05) is 16.3 Å². The van der Waals surface area contributed by atoms with E-state index in [-0.39, 0.29) is 5.82 Å². The third-order valence-electron chi connectivity index (χ3n) is 4.05. The lowest BCUT2D eigenvalue weighted by atomic mass is 10.1. The predicted octanol–water partition coefficient (Wildman–Crippen LogP) is 5.73. The molecule has 0 saturated carbocycles. The highest BCUT2D eigenvalue weighted by molar-refractivity contribution is 6.30. The van der Waals surface area contributed by atoms with Crippen LogP contribution >= 0.6 is 11.6 Å². The monoisotopic (exact) mass is 379 g/mol. The summed E-state index contributed by atoms with van der Waals surface area (Å²) in [5.74, 6) is 0.517. The first-order valence-corrected chi connectivity index (χ1v) is 8.73. The van der Waals surface area contributed by atoms with Crippen molar-refractivity contribution in [3.05, 3.63) is 101 Å². The van der Waals surface area contributed by atoms with Gasteiger partial charge < -0.3 is 9.73 Å². The number of nitrogens with zero attached hydrogens (tertiary/aromatic N) is 2. The maximum atomic E-state index is 13.2. The van der Waals surface area contributed by atoms with Crippen LogP contribution < -0.4 is 5.32 Å². The quantitative estimate of drug-likeness (QED) is 0.481. The number of hydrogen-bond donors (Lipinski definition) is 1. The Morgan fingerprint density at radius 1 is 0.889 bits per heavy atom. The Bertz CT molecular complexity index is 1030. The van der Waals surface area contributed by atoms with Gasteiger partial charge in [-0.2, -0.15) is 0 Å². The van der Waals surface area contributed by atoms with Crippen molar-refractivity contribution in [1.82, 2.24) is 10.2 Å². The normalized spacial score (nSPS) is 11.9. The van der Waals surface area contributed by atoms with Crippen molar-refractivity contribution in [3.63, 3.8) is 0 Å². The smallest absolute Gasteiger partial charge is 0.247 e. The molecular weight excluding hydrogens is 365 g/mol. The van der Waals surface area contributed by atoms with Gasteiger partial charge in [-0.25, -0.2) is 4.39 Å². The van der Waals surface area contributed by atoms with Gasteiger partial charge in [-0.3, -0.25) is 0 Å². The van der Waals surface area contributed by atoms with Crippen molar-refractivity contribution in [2.75, 3.05) is 5.32 Å². The molecule has 3 aromatic carbocycles. The van der Waals surface area contributed by atoms with E-state index in [0.717, 1.165) is 16.8 Å². The van der Waals surface area contributed by atoms with E-state index in [1.807, 2.05) is 48.5 Å². The number of aromatic nitrogens is 2. The Hall–Kier alpha value is -3.18. The van der Waals surface area contributed by atoms with Gasteiger partial charge in [0.05, 0.1) is 0 Å². The second-order valence-electron chi connectivity index (χ2n) is 5.95. The summed E-state index contributed by atoms with van der Waals surface area (Å²) in [6.45, 7) is 0. The summed E-state index contributed by atoms with van der Waals surface area (Å²) in [5, 5.41) is 12.3. The lowest BCUT2D eigenvalue weighted by Crippen LogP contribution is -2.13. The second-order valence-corrected chi connectivity index (χ2v) is 6.39. The zero-order valence-corrected chi connectivity index (χ0v) is 14.9. The number of benzene rings is 3. The third-order valence-corrected chi connectivity index (χ3v) is 4.28. The molecule has 0 radical (unpaired) electrons. The van der Waals surface area contributed by atoms with Crippen molar-refractivity contribution in [2.24, 2.45) is 0 Å². The minimum absolute atomic E-state index is 0.302. The topological polar surface area (TPSA) is 51.0 Å². The van der Waals surface area contributed by atoms with E-state index in [1.54, 1.807) is 18.2 Å². The van der Waals surface area contributed by atoms with E-state index < -0.39 is 6.04 Å². The van der Waals surface area contributed by atoms with Crippen LogP contribution in [0.1, 0.15) is 17.5 Å². The summed E-state index contributed by atoms with van der Waals surface area (Å²) in [6.07, 6.45) is 0. The summed E-state index contributed by atoms with van der Waals surface area (Å²) >= 11 is 6.16. The molecule has 0 aliphatic heterocycles. The van der Waals surface area contributed by atoms with E-state index in [0.29, 0.717) is 16.8 Å². The number of nitrogens with one attached hydrogen (secondary N) is 1. The Morgan fingerprint density at radius 3 is 2.41 bits per heavy atom. The molecule has 0 spiro atoms. The molecule has 4 nitrogen and oxygen atoms in total. The Kier molecular flexibility index (Phi) is 4.85. The molecule has 0 amide bonds. The molecule has 1 aromatic heterocycles. The summed E-state index contributed by atoms with van der Waals surface area (Å²) in [6, 6.07) is 22.6. The molecule has 0 aliphatic carbocycles. The van der Waals surface area contributed by atoms with Gasteiger partial charge in [0.25, 0.3) is 0 Å². The first kappa shape index (κ1) is 17.2. The molecule has 0 unspecified atom stereocenters. The van der Waals surface area contributed by atoms with Gasteiger partial charge >= 0.3 is 0 Å². The molecule has 0 saturated heterocycles. The van der Waals surface area contributed by atoms with Crippen LogP contribution in [0.15, 0.2) is 83.3 Å². The highest BCUT2D eigenvalue weighted by Crippen LogP contribution is 2.29. The molecular formula is C21H15ClFN3O. The predicted molar refractivity (Wildman–Crippen MR) is 103 cm³/mol. The second kappa shape index (κ2) is 7.60. The maximum Gasteiger partial charge on any atom is 0.247 e. The lowest BCUT2D eigenvalue weighted by Gasteiger charge is -2.17. The molecule has 6 heteroatoms. The van der Waals surface area contributed by atoms with Crippen molar-refractivity contribution >= 4 is 17.3 Å². The van der Waals surface area contributed by atoms with Crippen molar-refractivity contribution in [2.45, 2.75) is 6.04 Å². The van der Waals surface area contributed by atoms with Crippen LogP contribution in [0, 0.1) is 5.82 Å². The van der Waals surface area contributed by atoms with Gasteiger partial charge in [0.15, 0.2) is 0 Å². The van der Waals surface area contributed by atoms with E-state index in [2.05, 4.69) is 15.5 Å². The highest BCUT2D eigenvalue weighted by atomic mass is 35.5. The van der Waals surface area contributed by atoms with Crippen LogP contribution in [-0.4, -0.2) is 10.2 Å². The average molecular weight is 380 g/mol. The van der Waals surface area contributed by atoms with Crippen LogP contribution in [-0.2, 0) is 0 Å². The van der Waals surface area contributed by atoms with Crippen molar-refractivity contribution in [1.29, 1.82) is 0 Å². The van der Waals surface area contributed by atoms with E-state index in [1.165, 1.54) is 12.1 Å². The Morgan fingerprint density at radius 2 is 1.67 bits per heavy atom. The SMILES string of the molecule is Fc1ccc(N[C@H](c2cccc(Cl)c2)c2nnc(-c3ccccc3)o2)cc1. The van der Waals surface area contributed by atoms with E-state index in [4.69, 9.17) is 16.0 Å². The maximum absolute atomic E-state index is 13.2. The molecule has 4 rings (SSSR count). The number of rotatable bonds is 5. The summed E-state index contributed by atoms with van der Waals surface area (Å²) in [4.78, 5) is 0. The van der Waals surface area contributed by atoms with Crippen LogP contribution in [0.5, 0.6) is 0 Å². The van der Waals surface area contributed by atoms with Gasteiger partial charge in [-0.1, -0.05) is 41.9 Å². The molecule has 1 N–H and O–H groups in total. The van der Waals surface area contributed by atoms with Gasteiger partial charge in [0.2, 0.25) is 11.8 Å². The summed E-state index contributed by atoms with van der Waals surface area (Å²) in [5.41, 5.74) is 2.42. The fourth-order valence-corrected chi connectivity index (χ4v) is 2.93. The lowest BCUT2D eigenvalue weighted by molar-refractivity contribution is 0.494. The van der Waals surface area contributed by atoms with Gasteiger partial charge in [-0.05, 0) is 54.1 Å². The van der Waals surface area contributed by atoms with Crippen LogP contribution in [0.25, 0.3) is 11.5 Å². The number of anilines is 1. The molecule has 4 aromatic rings. The zero-order chi connectivity index (χ0) is 18.6. The molecule has 27 heavy (non-hydrogen) atoms. The van der Waals surface area contributed by atoms with Gasteiger partial charge in [-0.15, -0.1) is 10.2 Å². The van der Waals surface area contributed by atoms with Crippen LogP contribution in [0.2, 0.25) is 5.02 Å². The zero-order valence-electron chi connectivity index (χ0n) is 14.1. The summed E-state index contributed by atoms with van der Waals surface area (Å²) < 4.78 is 19.1. The number of hydrogen-bond acceptors (Lipinski definition) is 4. The fourth-order valence-electron chi connectivity index (χ4n) is 2.74. The van der Waals surface area contributed by atoms with E-state index in [9.17, 15) is 4.39 Å². The molecule has 1 heterocycles. The fraction of sp³-hybridized carbons (Fsp3) is 0.0476.